The molecule has 0 heterocycles. The number of sulfonamides is 1. The van der Waals surface area contributed by atoms with Gasteiger partial charge in [0, 0.05) is 13.0 Å². The van der Waals surface area contributed by atoms with Crippen molar-refractivity contribution in [2.24, 2.45) is 5.41 Å². The third kappa shape index (κ3) is 4.91. The number of carbonyl (C=O) groups is 2. The summed E-state index contributed by atoms with van der Waals surface area (Å²) in [5, 5.41) is 0. The number of unbranched alkanes of at least 4 members (excludes halogenated alkanes) is 2. The monoisotopic (exact) mass is 513 g/mol. The molecular formula is C28H35NO6S. The van der Waals surface area contributed by atoms with Gasteiger partial charge in [0.15, 0.2) is 0 Å². The summed E-state index contributed by atoms with van der Waals surface area (Å²) in [4.78, 5) is 26.9. The van der Waals surface area contributed by atoms with E-state index in [1.807, 2.05) is 37.3 Å². The van der Waals surface area contributed by atoms with E-state index < -0.39 is 27.4 Å². The average molecular weight is 514 g/mol. The Hall–Kier alpha value is -3.13. The lowest BCUT2D eigenvalue weighted by Gasteiger charge is -2.33. The smallest absolute Gasteiger partial charge is 0.329 e. The van der Waals surface area contributed by atoms with Gasteiger partial charge in [0.05, 0.1) is 24.8 Å². The fourth-order valence-electron chi connectivity index (χ4n) is 5.08. The molecule has 0 N–H and O–H groups in total. The van der Waals surface area contributed by atoms with Gasteiger partial charge in [0.25, 0.3) is 10.0 Å². The summed E-state index contributed by atoms with van der Waals surface area (Å²) >= 11 is 0. The zero-order valence-corrected chi connectivity index (χ0v) is 22.4. The van der Waals surface area contributed by atoms with Crippen LogP contribution in [0.2, 0.25) is 0 Å². The lowest BCUT2D eigenvalue weighted by atomic mass is 9.81. The van der Waals surface area contributed by atoms with Gasteiger partial charge in [0.2, 0.25) is 5.41 Å². The molecule has 0 fully saturated rings. The Bertz CT molecular complexity index is 1200. The van der Waals surface area contributed by atoms with Crippen LogP contribution < -0.4 is 0 Å². The molecule has 0 spiro atoms. The number of benzene rings is 2. The Morgan fingerprint density at radius 3 is 2.08 bits per heavy atom. The van der Waals surface area contributed by atoms with E-state index in [0.717, 1.165) is 40.3 Å². The van der Waals surface area contributed by atoms with Crippen LogP contribution in [0.1, 0.15) is 56.1 Å². The minimum absolute atomic E-state index is 0.0287. The van der Waals surface area contributed by atoms with Crippen LogP contribution in [0, 0.1) is 12.3 Å². The molecule has 0 bridgehead atoms. The molecule has 194 valence electrons. The fraction of sp³-hybridized carbons (Fsp3) is 0.429. The lowest BCUT2D eigenvalue weighted by Crippen LogP contribution is -2.47. The number of hydrogen-bond acceptors (Lipinski definition) is 6. The molecule has 36 heavy (non-hydrogen) atoms. The van der Waals surface area contributed by atoms with Crippen LogP contribution in [0.5, 0.6) is 0 Å². The van der Waals surface area contributed by atoms with Crippen LogP contribution in [-0.2, 0) is 29.1 Å². The van der Waals surface area contributed by atoms with E-state index in [1.165, 1.54) is 33.4 Å². The van der Waals surface area contributed by atoms with E-state index >= 15 is 0 Å². The zero-order valence-electron chi connectivity index (χ0n) is 21.6. The van der Waals surface area contributed by atoms with Crippen LogP contribution in [-0.4, -0.2) is 45.9 Å². The molecule has 7 nitrogen and oxygen atoms in total. The van der Waals surface area contributed by atoms with Crippen molar-refractivity contribution < 1.29 is 27.5 Å². The van der Waals surface area contributed by atoms with Crippen molar-refractivity contribution in [3.63, 3.8) is 0 Å². The maximum Gasteiger partial charge on any atom is 0.329 e. The van der Waals surface area contributed by atoms with Crippen LogP contribution in [0.3, 0.4) is 0 Å². The third-order valence-electron chi connectivity index (χ3n) is 6.95. The van der Waals surface area contributed by atoms with Crippen molar-refractivity contribution in [2.75, 3.05) is 21.3 Å². The van der Waals surface area contributed by atoms with Crippen LogP contribution in [0.4, 0.5) is 0 Å². The molecule has 0 aliphatic heterocycles. The molecule has 0 amide bonds. The number of hydrogen-bond donors (Lipinski definition) is 0. The summed E-state index contributed by atoms with van der Waals surface area (Å²) in [5.74, 6) is -2.02. The number of allylic oxidation sites excluding steroid dienone is 1. The molecule has 2 aromatic carbocycles. The topological polar surface area (TPSA) is 90.0 Å². The predicted molar refractivity (Wildman–Crippen MR) is 138 cm³/mol. The number of nitrogens with zero attached hydrogens (tertiary/aromatic N) is 1. The maximum absolute atomic E-state index is 13.8. The number of aryl methyl sites for hydroxylation is 1. The Kier molecular flexibility index (Phi) is 8.61. The van der Waals surface area contributed by atoms with Gasteiger partial charge >= 0.3 is 11.9 Å². The van der Waals surface area contributed by atoms with Crippen molar-refractivity contribution in [2.45, 2.75) is 56.8 Å². The first-order chi connectivity index (χ1) is 17.1. The van der Waals surface area contributed by atoms with E-state index in [0.29, 0.717) is 6.42 Å². The van der Waals surface area contributed by atoms with Crippen molar-refractivity contribution in [1.82, 2.24) is 4.31 Å². The Morgan fingerprint density at radius 1 is 0.972 bits per heavy atom. The molecule has 0 radical (unpaired) electrons. The van der Waals surface area contributed by atoms with Crippen LogP contribution in [0.25, 0.3) is 0 Å². The molecule has 0 saturated carbocycles. The summed E-state index contributed by atoms with van der Waals surface area (Å²) < 4.78 is 39.1. The average Bonchev–Trinajstić information content (AvgIpc) is 3.24. The molecule has 0 unspecified atom stereocenters. The zero-order chi connectivity index (χ0) is 26.5. The molecule has 0 saturated heterocycles. The quantitative estimate of drug-likeness (QED) is 0.253. The molecule has 1 atom stereocenters. The minimum Gasteiger partial charge on any atom is -0.468 e. The largest absolute Gasteiger partial charge is 0.468 e. The minimum atomic E-state index is -4.10. The molecule has 0 aromatic heterocycles. The molecule has 3 rings (SSSR count). The van der Waals surface area contributed by atoms with Crippen molar-refractivity contribution >= 4 is 22.0 Å². The second kappa shape index (κ2) is 11.3. The van der Waals surface area contributed by atoms with Crippen LogP contribution >= 0.6 is 0 Å². The second-order valence-electron chi connectivity index (χ2n) is 9.17. The van der Waals surface area contributed by atoms with Gasteiger partial charge in [-0.15, -0.1) is 0 Å². The molecule has 2 aromatic rings. The molecule has 8 heteroatoms. The van der Waals surface area contributed by atoms with E-state index in [1.54, 1.807) is 12.1 Å². The van der Waals surface area contributed by atoms with Gasteiger partial charge in [-0.05, 0) is 49.5 Å². The second-order valence-corrected chi connectivity index (χ2v) is 11.1. The predicted octanol–water partition coefficient (Wildman–Crippen LogP) is 4.97. The summed E-state index contributed by atoms with van der Waals surface area (Å²) in [6.45, 7) is 3.95. The lowest BCUT2D eigenvalue weighted by molar-refractivity contribution is -0.166. The van der Waals surface area contributed by atoms with E-state index in [9.17, 15) is 18.0 Å². The summed E-state index contributed by atoms with van der Waals surface area (Å²) in [7, 11) is -0.302. The molecule has 1 aliphatic rings. The molecular weight excluding hydrogens is 478 g/mol. The fourth-order valence-corrected chi connectivity index (χ4v) is 6.39. The standard InChI is InChI=1S/C28H35NO6S/c1-6-7-9-14-23-24(21-12-10-8-11-13-21)19-28(26(30)34-4,27(31)35-5)25(23)29(3)36(32,33)22-17-15-20(2)16-18-22/h8,10-13,15-18,24H,6-7,9,14,19H2,1-5H3/t24-/m1/s1. The van der Waals surface area contributed by atoms with E-state index in [2.05, 4.69) is 6.92 Å². The van der Waals surface area contributed by atoms with Crippen molar-refractivity contribution in [3.05, 3.63) is 77.0 Å². The van der Waals surface area contributed by atoms with Gasteiger partial charge in [-0.1, -0.05) is 67.8 Å². The van der Waals surface area contributed by atoms with E-state index in [4.69, 9.17) is 9.47 Å². The Morgan fingerprint density at radius 2 is 1.56 bits per heavy atom. The first-order valence-electron chi connectivity index (χ1n) is 12.2. The highest BCUT2D eigenvalue weighted by molar-refractivity contribution is 7.89. The van der Waals surface area contributed by atoms with Gasteiger partial charge in [0.1, 0.15) is 0 Å². The SMILES string of the molecule is CCCCCC1=C(N(C)S(=O)(=O)c2ccc(C)cc2)C(C(=O)OC)(C(=O)OC)C[C@@H]1c1ccccc1. The first kappa shape index (κ1) is 27.5. The Labute approximate surface area is 214 Å². The summed E-state index contributed by atoms with van der Waals surface area (Å²) in [5.41, 5.74) is 0.769. The van der Waals surface area contributed by atoms with Gasteiger partial charge in [-0.25, -0.2) is 8.42 Å². The number of esters is 2. The van der Waals surface area contributed by atoms with Crippen LogP contribution in [0.15, 0.2) is 70.8 Å². The summed E-state index contributed by atoms with van der Waals surface area (Å²) in [6, 6.07) is 16.0. The normalized spacial score (nSPS) is 17.1. The van der Waals surface area contributed by atoms with Crippen molar-refractivity contribution in [3.8, 4) is 0 Å². The highest BCUT2D eigenvalue weighted by Gasteiger charge is 2.61. The third-order valence-corrected chi connectivity index (χ3v) is 8.72. The first-order valence-corrected chi connectivity index (χ1v) is 13.6. The number of ether oxygens (including phenoxy) is 2. The highest BCUT2D eigenvalue weighted by atomic mass is 32.2. The molecule has 1 aliphatic carbocycles. The van der Waals surface area contributed by atoms with Gasteiger partial charge < -0.3 is 9.47 Å². The number of rotatable bonds is 10. The highest BCUT2D eigenvalue weighted by Crippen LogP contribution is 2.55. The summed E-state index contributed by atoms with van der Waals surface area (Å²) in [6.07, 6.45) is 3.24. The van der Waals surface area contributed by atoms with Crippen molar-refractivity contribution in [1.29, 1.82) is 0 Å². The van der Waals surface area contributed by atoms with Gasteiger partial charge in [-0.2, -0.15) is 0 Å². The van der Waals surface area contributed by atoms with Gasteiger partial charge in [-0.3, -0.25) is 13.9 Å². The Balaban J connectivity index is 2.33. The number of methoxy groups -OCH3 is 2. The van der Waals surface area contributed by atoms with E-state index in [-0.39, 0.29) is 22.9 Å². The maximum atomic E-state index is 13.8. The number of carbonyl (C=O) groups excluding carboxylic acids is 2.